The highest BCUT2D eigenvalue weighted by molar-refractivity contribution is 4.88. The van der Waals surface area contributed by atoms with Crippen LogP contribution in [0.2, 0.25) is 0 Å². The molecule has 2 saturated heterocycles. The van der Waals surface area contributed by atoms with E-state index in [-0.39, 0.29) is 0 Å². The molecule has 0 spiro atoms. The average Bonchev–Trinajstić information content (AvgIpc) is 2.94. The van der Waals surface area contributed by atoms with Gasteiger partial charge < -0.3 is 10.1 Å². The molecule has 2 aliphatic heterocycles. The van der Waals surface area contributed by atoms with Gasteiger partial charge in [0.1, 0.15) is 0 Å². The first-order valence-corrected chi connectivity index (χ1v) is 8.03. The fraction of sp³-hybridized carbons (Fsp3) is 1.00. The van der Waals surface area contributed by atoms with Crippen molar-refractivity contribution in [3.05, 3.63) is 0 Å². The van der Waals surface area contributed by atoms with Crippen molar-refractivity contribution in [1.82, 2.24) is 15.1 Å². The number of nitrogens with zero attached hydrogens (tertiary/aromatic N) is 2. The van der Waals surface area contributed by atoms with Gasteiger partial charge in [0.2, 0.25) is 0 Å². The summed E-state index contributed by atoms with van der Waals surface area (Å²) in [6.45, 7) is 10.2. The molecule has 2 unspecified atom stereocenters. The maximum absolute atomic E-state index is 5.40. The number of nitrogens with one attached hydrogen (secondary N) is 1. The number of likely N-dealkylation sites (N-methyl/N-ethyl adjacent to an activating group) is 1. The molecule has 4 heteroatoms. The average molecular weight is 269 g/mol. The van der Waals surface area contributed by atoms with Crippen LogP contribution < -0.4 is 5.32 Å². The first-order valence-electron chi connectivity index (χ1n) is 8.03. The highest BCUT2D eigenvalue weighted by atomic mass is 16.5. The van der Waals surface area contributed by atoms with Gasteiger partial charge in [0.05, 0.1) is 6.61 Å². The second-order valence-electron chi connectivity index (χ2n) is 5.95. The Balaban J connectivity index is 1.80. The number of hydrogen-bond acceptors (Lipinski definition) is 4. The van der Waals surface area contributed by atoms with Crippen molar-refractivity contribution >= 4 is 0 Å². The summed E-state index contributed by atoms with van der Waals surface area (Å²) in [5.74, 6) is 0. The Hall–Kier alpha value is -0.160. The number of ether oxygens (including phenoxy) is 1. The lowest BCUT2D eigenvalue weighted by atomic mass is 10.1. The minimum absolute atomic E-state index is 0.541. The van der Waals surface area contributed by atoms with Crippen molar-refractivity contribution in [3.8, 4) is 0 Å². The summed E-state index contributed by atoms with van der Waals surface area (Å²) in [5, 5.41) is 3.47. The van der Waals surface area contributed by atoms with Gasteiger partial charge in [-0.1, -0.05) is 13.3 Å². The Morgan fingerprint density at radius 3 is 2.68 bits per heavy atom. The first-order chi connectivity index (χ1) is 9.35. The van der Waals surface area contributed by atoms with Crippen LogP contribution in [0.25, 0.3) is 0 Å². The van der Waals surface area contributed by atoms with Crippen LogP contribution in [-0.2, 0) is 4.74 Å². The van der Waals surface area contributed by atoms with Crippen LogP contribution in [0.5, 0.6) is 0 Å². The zero-order chi connectivity index (χ0) is 13.5. The number of likely N-dealkylation sites (tertiary alicyclic amines) is 2. The van der Waals surface area contributed by atoms with Gasteiger partial charge in [0.25, 0.3) is 0 Å². The molecule has 4 nitrogen and oxygen atoms in total. The Morgan fingerprint density at radius 1 is 1.21 bits per heavy atom. The summed E-state index contributed by atoms with van der Waals surface area (Å²) < 4.78 is 5.40. The van der Waals surface area contributed by atoms with Crippen molar-refractivity contribution in [2.24, 2.45) is 0 Å². The van der Waals surface area contributed by atoms with Crippen molar-refractivity contribution in [2.75, 3.05) is 53.0 Å². The van der Waals surface area contributed by atoms with Gasteiger partial charge in [-0.15, -0.1) is 0 Å². The second-order valence-corrected chi connectivity index (χ2v) is 5.95. The number of rotatable bonds is 7. The predicted octanol–water partition coefficient (Wildman–Crippen LogP) is 1.17. The van der Waals surface area contributed by atoms with E-state index in [2.05, 4.69) is 22.0 Å². The van der Waals surface area contributed by atoms with Gasteiger partial charge >= 0.3 is 0 Å². The molecule has 0 aromatic heterocycles. The lowest BCUT2D eigenvalue weighted by Gasteiger charge is -2.33. The highest BCUT2D eigenvalue weighted by Crippen LogP contribution is 2.21. The third-order valence-electron chi connectivity index (χ3n) is 4.61. The maximum Gasteiger partial charge on any atom is 0.0630 e. The van der Waals surface area contributed by atoms with Gasteiger partial charge in [0, 0.05) is 38.8 Å². The summed E-state index contributed by atoms with van der Waals surface area (Å²) in [6.07, 6.45) is 5.57. The fourth-order valence-electron chi connectivity index (χ4n) is 3.48. The molecule has 112 valence electrons. The summed E-state index contributed by atoms with van der Waals surface area (Å²) >= 11 is 0. The smallest absolute Gasteiger partial charge is 0.0630 e. The van der Waals surface area contributed by atoms with Crippen LogP contribution in [0.4, 0.5) is 0 Å². The molecule has 2 aliphatic rings. The monoisotopic (exact) mass is 269 g/mol. The molecule has 2 heterocycles. The van der Waals surface area contributed by atoms with E-state index in [1.54, 1.807) is 0 Å². The van der Waals surface area contributed by atoms with E-state index < -0.39 is 0 Å². The standard InChI is InChI=1S/C15H31N3O/c1-3-16-11-15(13-19-2)18-10-7-14(12-18)17-8-5-4-6-9-17/h14-16H,3-13H2,1-2H3. The van der Waals surface area contributed by atoms with Crippen molar-refractivity contribution in [1.29, 1.82) is 0 Å². The zero-order valence-electron chi connectivity index (χ0n) is 12.7. The van der Waals surface area contributed by atoms with Gasteiger partial charge in [-0.2, -0.15) is 0 Å². The largest absolute Gasteiger partial charge is 0.383 e. The van der Waals surface area contributed by atoms with Gasteiger partial charge in [-0.25, -0.2) is 0 Å². The van der Waals surface area contributed by atoms with Crippen LogP contribution >= 0.6 is 0 Å². The molecule has 2 rings (SSSR count). The van der Waals surface area contributed by atoms with Crippen LogP contribution in [0, 0.1) is 0 Å². The van der Waals surface area contributed by atoms with Gasteiger partial charge in [-0.05, 0) is 38.9 Å². The molecule has 2 atom stereocenters. The Kier molecular flexibility index (Phi) is 6.57. The van der Waals surface area contributed by atoms with Gasteiger partial charge in [0.15, 0.2) is 0 Å². The molecule has 0 radical (unpaired) electrons. The summed E-state index contributed by atoms with van der Waals surface area (Å²) in [4.78, 5) is 5.35. The van der Waals surface area contributed by atoms with E-state index in [9.17, 15) is 0 Å². The number of piperidine rings is 1. The third kappa shape index (κ3) is 4.42. The summed E-state index contributed by atoms with van der Waals surface area (Å²) in [6, 6.07) is 1.33. The first kappa shape index (κ1) is 15.2. The Labute approximate surface area is 118 Å². The van der Waals surface area contributed by atoms with E-state index in [0.717, 1.165) is 25.7 Å². The molecule has 19 heavy (non-hydrogen) atoms. The third-order valence-corrected chi connectivity index (χ3v) is 4.61. The van der Waals surface area contributed by atoms with Crippen molar-refractivity contribution in [2.45, 2.75) is 44.7 Å². The lowest BCUT2D eigenvalue weighted by Crippen LogP contribution is -2.46. The molecule has 1 N–H and O–H groups in total. The number of methoxy groups -OCH3 is 1. The molecule has 0 aliphatic carbocycles. The van der Waals surface area contributed by atoms with Crippen molar-refractivity contribution < 1.29 is 4.74 Å². The Bertz CT molecular complexity index is 244. The normalized spacial score (nSPS) is 27.8. The predicted molar refractivity (Wildman–Crippen MR) is 79.6 cm³/mol. The summed E-state index contributed by atoms with van der Waals surface area (Å²) in [5.41, 5.74) is 0. The number of hydrogen-bond donors (Lipinski definition) is 1. The van der Waals surface area contributed by atoms with Crippen LogP contribution in [0.3, 0.4) is 0 Å². The van der Waals surface area contributed by atoms with Crippen molar-refractivity contribution in [3.63, 3.8) is 0 Å². The minimum atomic E-state index is 0.541. The molecule has 0 amide bonds. The zero-order valence-corrected chi connectivity index (χ0v) is 12.7. The topological polar surface area (TPSA) is 27.7 Å². The Morgan fingerprint density at radius 2 is 2.00 bits per heavy atom. The van der Waals surface area contributed by atoms with E-state index in [0.29, 0.717) is 6.04 Å². The van der Waals surface area contributed by atoms with Crippen LogP contribution in [0.15, 0.2) is 0 Å². The van der Waals surface area contributed by atoms with Crippen LogP contribution in [0.1, 0.15) is 32.6 Å². The fourth-order valence-corrected chi connectivity index (χ4v) is 3.48. The van der Waals surface area contributed by atoms with E-state index in [1.807, 2.05) is 7.11 Å². The molecule has 0 bridgehead atoms. The second kappa shape index (κ2) is 8.20. The molecule has 2 fully saturated rings. The SMILES string of the molecule is CCNCC(COC)N1CCC(N2CCCCC2)C1. The molecule has 0 aromatic rings. The van der Waals surface area contributed by atoms with E-state index in [1.165, 1.54) is 51.9 Å². The van der Waals surface area contributed by atoms with Crippen LogP contribution in [-0.4, -0.2) is 74.9 Å². The molecule has 0 saturated carbocycles. The molecular formula is C15H31N3O. The maximum atomic E-state index is 5.40. The molecule has 0 aromatic carbocycles. The summed E-state index contributed by atoms with van der Waals surface area (Å²) in [7, 11) is 1.82. The minimum Gasteiger partial charge on any atom is -0.383 e. The van der Waals surface area contributed by atoms with E-state index in [4.69, 9.17) is 4.74 Å². The van der Waals surface area contributed by atoms with E-state index >= 15 is 0 Å². The lowest BCUT2D eigenvalue weighted by molar-refractivity contribution is 0.0940. The molecular weight excluding hydrogens is 238 g/mol. The van der Waals surface area contributed by atoms with Gasteiger partial charge in [-0.3, -0.25) is 9.80 Å². The quantitative estimate of drug-likeness (QED) is 0.751. The highest BCUT2D eigenvalue weighted by Gasteiger charge is 2.31.